The van der Waals surface area contributed by atoms with Crippen LogP contribution in [0.2, 0.25) is 0 Å². The summed E-state index contributed by atoms with van der Waals surface area (Å²) in [6.07, 6.45) is 1.50. The maximum Gasteiger partial charge on any atom is 0.216 e. The van der Waals surface area contributed by atoms with Crippen LogP contribution in [0.15, 0.2) is 95.5 Å². The predicted molar refractivity (Wildman–Crippen MR) is 145 cm³/mol. The molecule has 178 valence electrons. The Labute approximate surface area is 214 Å². The molecule has 2 heterocycles. The largest absolute Gasteiger partial charge is 0.454 e. The first-order valence-corrected chi connectivity index (χ1v) is 12.2. The van der Waals surface area contributed by atoms with Gasteiger partial charge in [-0.05, 0) is 59.9 Å². The van der Waals surface area contributed by atoms with Crippen LogP contribution in [-0.2, 0) is 7.05 Å². The minimum absolute atomic E-state index is 0.250. The van der Waals surface area contributed by atoms with E-state index in [0.29, 0.717) is 11.1 Å². The van der Waals surface area contributed by atoms with Crippen molar-refractivity contribution in [3.63, 3.8) is 0 Å². The quantitative estimate of drug-likeness (QED) is 0.239. The van der Waals surface area contributed by atoms with Gasteiger partial charge in [-0.15, -0.1) is 0 Å². The van der Waals surface area contributed by atoms with Crippen molar-refractivity contribution in [1.82, 2.24) is 0 Å². The Morgan fingerprint density at radius 2 is 1.51 bits per heavy atom. The van der Waals surface area contributed by atoms with Crippen molar-refractivity contribution in [2.75, 3.05) is 0 Å². The molecule has 0 spiro atoms. The van der Waals surface area contributed by atoms with Gasteiger partial charge in [-0.1, -0.05) is 60.7 Å². The highest BCUT2D eigenvalue weighted by molar-refractivity contribution is 6.13. The van der Waals surface area contributed by atoms with Crippen LogP contribution in [0.4, 0.5) is 4.39 Å². The van der Waals surface area contributed by atoms with Gasteiger partial charge in [-0.25, -0.2) is 4.39 Å². The molecule has 0 radical (unpaired) electrons. The minimum atomic E-state index is -0.250. The number of hydrogen-bond donors (Lipinski definition) is 0. The molecule has 0 aliphatic rings. The molecule has 0 saturated heterocycles. The number of nitriles is 1. The number of aromatic nitrogens is 1. The van der Waals surface area contributed by atoms with Crippen molar-refractivity contribution in [1.29, 1.82) is 5.26 Å². The fourth-order valence-corrected chi connectivity index (χ4v) is 5.10. The highest BCUT2D eigenvalue weighted by atomic mass is 19.1. The normalized spacial score (nSPS) is 11.2. The van der Waals surface area contributed by atoms with Gasteiger partial charge >= 0.3 is 0 Å². The van der Waals surface area contributed by atoms with Crippen molar-refractivity contribution < 1.29 is 13.4 Å². The number of halogens is 1. The first-order chi connectivity index (χ1) is 17.9. The lowest BCUT2D eigenvalue weighted by Crippen LogP contribution is -2.31. The SMILES string of the molecule is Cc1cc(-c2c(C)ccc3c2oc2c(-c4cccc(-c5ccccc5)c4)cc(C#N)cc23)[n+](C)cc1F. The molecule has 6 rings (SSSR count). The van der Waals surface area contributed by atoms with Crippen molar-refractivity contribution in [2.24, 2.45) is 7.05 Å². The van der Waals surface area contributed by atoms with Crippen LogP contribution in [0.3, 0.4) is 0 Å². The van der Waals surface area contributed by atoms with Crippen LogP contribution in [0.1, 0.15) is 16.7 Å². The topological polar surface area (TPSA) is 40.8 Å². The lowest BCUT2D eigenvalue weighted by molar-refractivity contribution is -0.662. The smallest absolute Gasteiger partial charge is 0.216 e. The molecule has 0 amide bonds. The van der Waals surface area contributed by atoms with Gasteiger partial charge in [-0.3, -0.25) is 0 Å². The minimum Gasteiger partial charge on any atom is -0.454 e. The Bertz CT molecular complexity index is 1880. The molecule has 3 nitrogen and oxygen atoms in total. The molecule has 0 fully saturated rings. The van der Waals surface area contributed by atoms with E-state index in [2.05, 4.69) is 36.4 Å². The van der Waals surface area contributed by atoms with Gasteiger partial charge in [0.25, 0.3) is 0 Å². The second-order valence-corrected chi connectivity index (χ2v) is 9.50. The number of rotatable bonds is 3. The molecule has 37 heavy (non-hydrogen) atoms. The van der Waals surface area contributed by atoms with Crippen LogP contribution in [0.5, 0.6) is 0 Å². The van der Waals surface area contributed by atoms with Crippen LogP contribution in [0, 0.1) is 31.0 Å². The predicted octanol–water partition coefficient (Wildman–Crippen LogP) is 8.04. The second-order valence-electron chi connectivity index (χ2n) is 9.50. The molecule has 2 aromatic heterocycles. The zero-order valence-electron chi connectivity index (χ0n) is 20.8. The lowest BCUT2D eigenvalue weighted by atomic mass is 9.95. The van der Waals surface area contributed by atoms with Crippen LogP contribution in [0.25, 0.3) is 55.4 Å². The van der Waals surface area contributed by atoms with Crippen molar-refractivity contribution >= 4 is 21.9 Å². The molecule has 6 aromatic rings. The molecule has 4 heteroatoms. The Morgan fingerprint density at radius 3 is 2.30 bits per heavy atom. The Kier molecular flexibility index (Phi) is 5.35. The van der Waals surface area contributed by atoms with Gasteiger partial charge in [-0.2, -0.15) is 9.83 Å². The van der Waals surface area contributed by atoms with Crippen LogP contribution >= 0.6 is 0 Å². The zero-order chi connectivity index (χ0) is 25.7. The summed E-state index contributed by atoms with van der Waals surface area (Å²) in [6, 6.07) is 30.6. The van der Waals surface area contributed by atoms with Crippen molar-refractivity contribution in [3.8, 4) is 39.6 Å². The third-order valence-electron chi connectivity index (χ3n) is 7.03. The monoisotopic (exact) mass is 483 g/mol. The van der Waals surface area contributed by atoms with Gasteiger partial charge in [0.15, 0.2) is 5.82 Å². The molecule has 0 bridgehead atoms. The summed E-state index contributed by atoms with van der Waals surface area (Å²) in [5.41, 5.74) is 9.48. The van der Waals surface area contributed by atoms with Crippen LogP contribution in [-0.4, -0.2) is 0 Å². The Morgan fingerprint density at radius 1 is 0.757 bits per heavy atom. The maximum atomic E-state index is 14.3. The standard InChI is InChI=1S/C33H24FN2O/c1-20-12-13-26-28-16-22(18-35)15-27(25-11-7-10-24(17-25)23-8-5-4-6-9-23)32(28)37-33(26)31(20)30-14-21(2)29(34)19-36(30)3/h4-17,19H,1-3H3/q+1. The number of aryl methyl sites for hydroxylation is 3. The number of furan rings is 1. The summed E-state index contributed by atoms with van der Waals surface area (Å²) in [7, 11) is 1.84. The van der Waals surface area contributed by atoms with Crippen molar-refractivity contribution in [2.45, 2.75) is 13.8 Å². The third-order valence-corrected chi connectivity index (χ3v) is 7.03. The molecule has 0 unspecified atom stereocenters. The van der Waals surface area contributed by atoms with E-state index in [1.165, 1.54) is 6.20 Å². The average molecular weight is 484 g/mol. The number of pyridine rings is 1. The fraction of sp³-hybridized carbons (Fsp3) is 0.0909. The Balaban J connectivity index is 1.66. The van der Waals surface area contributed by atoms with Gasteiger partial charge in [0.1, 0.15) is 18.2 Å². The van der Waals surface area contributed by atoms with E-state index in [1.807, 2.05) is 68.6 Å². The molecule has 0 atom stereocenters. The van der Waals surface area contributed by atoms with Gasteiger partial charge < -0.3 is 4.42 Å². The highest BCUT2D eigenvalue weighted by Crippen LogP contribution is 2.42. The molecule has 0 aliphatic carbocycles. The van der Waals surface area contributed by atoms with E-state index in [0.717, 1.165) is 61.0 Å². The number of nitrogens with zero attached hydrogens (tertiary/aromatic N) is 2. The highest BCUT2D eigenvalue weighted by Gasteiger charge is 2.23. The molecule has 0 N–H and O–H groups in total. The van der Waals surface area contributed by atoms with E-state index in [4.69, 9.17) is 4.42 Å². The summed E-state index contributed by atoms with van der Waals surface area (Å²) in [4.78, 5) is 0. The maximum absolute atomic E-state index is 14.3. The molecule has 4 aromatic carbocycles. The van der Waals surface area contributed by atoms with Gasteiger partial charge in [0.2, 0.25) is 11.9 Å². The van der Waals surface area contributed by atoms with Crippen molar-refractivity contribution in [3.05, 3.63) is 114 Å². The molecule has 0 aliphatic heterocycles. The summed E-state index contributed by atoms with van der Waals surface area (Å²) < 4.78 is 22.7. The van der Waals surface area contributed by atoms with E-state index in [1.54, 1.807) is 11.5 Å². The van der Waals surface area contributed by atoms with E-state index < -0.39 is 0 Å². The number of fused-ring (bicyclic) bond motifs is 3. The first-order valence-electron chi connectivity index (χ1n) is 12.2. The number of hydrogen-bond acceptors (Lipinski definition) is 2. The summed E-state index contributed by atoms with van der Waals surface area (Å²) in [6.45, 7) is 3.80. The fourth-order valence-electron chi connectivity index (χ4n) is 5.10. The summed E-state index contributed by atoms with van der Waals surface area (Å²) >= 11 is 0. The molecular weight excluding hydrogens is 459 g/mol. The zero-order valence-corrected chi connectivity index (χ0v) is 20.8. The second kappa shape index (κ2) is 8.72. The van der Waals surface area contributed by atoms with Crippen LogP contribution < -0.4 is 4.57 Å². The van der Waals surface area contributed by atoms with E-state index in [-0.39, 0.29) is 5.82 Å². The lowest BCUT2D eigenvalue weighted by Gasteiger charge is -2.07. The average Bonchev–Trinajstić information content (AvgIpc) is 3.29. The molecular formula is C33H24FN2O+. The van der Waals surface area contributed by atoms with E-state index in [9.17, 15) is 9.65 Å². The van der Waals surface area contributed by atoms with Gasteiger partial charge in [0.05, 0.1) is 17.2 Å². The molecule has 0 saturated carbocycles. The number of benzene rings is 4. The summed E-state index contributed by atoms with van der Waals surface area (Å²) in [5.74, 6) is -0.250. The van der Waals surface area contributed by atoms with E-state index >= 15 is 0 Å². The third kappa shape index (κ3) is 3.77. The summed E-state index contributed by atoms with van der Waals surface area (Å²) in [5, 5.41) is 11.7. The first kappa shape index (κ1) is 22.7. The Hall–Kier alpha value is -4.75. The van der Waals surface area contributed by atoms with Gasteiger partial charge in [0, 0.05) is 22.4 Å².